The number of aromatic nitrogens is 4. The van der Waals surface area contributed by atoms with Crippen molar-refractivity contribution in [1.29, 1.82) is 5.41 Å². The molecule has 1 saturated heterocycles. The van der Waals surface area contributed by atoms with Crippen molar-refractivity contribution in [3.8, 4) is 0 Å². The molecular formula is C15H16N6S. The fourth-order valence-corrected chi connectivity index (χ4v) is 3.52. The van der Waals surface area contributed by atoms with Crippen LogP contribution in [0.2, 0.25) is 0 Å². The van der Waals surface area contributed by atoms with Crippen LogP contribution in [0.3, 0.4) is 0 Å². The van der Waals surface area contributed by atoms with Gasteiger partial charge in [-0.25, -0.2) is 4.98 Å². The third kappa shape index (κ3) is 2.37. The van der Waals surface area contributed by atoms with Gasteiger partial charge in [-0.3, -0.25) is 15.1 Å². The number of hydrogen-bond donors (Lipinski definition) is 1. The molecule has 4 heterocycles. The van der Waals surface area contributed by atoms with Crippen molar-refractivity contribution in [2.24, 2.45) is 0 Å². The first-order valence-electron chi connectivity index (χ1n) is 7.35. The summed E-state index contributed by atoms with van der Waals surface area (Å²) in [6, 6.07) is 1.95. The number of fused-ring (bicyclic) bond motifs is 1. The SMILES string of the molecule is N=C(c1csc(Cn2ncc3ccncc32)n1)N1CCCC1. The number of rotatable bonds is 3. The van der Waals surface area contributed by atoms with Gasteiger partial charge in [-0.05, 0) is 18.9 Å². The average molecular weight is 312 g/mol. The van der Waals surface area contributed by atoms with Crippen LogP contribution in [0.15, 0.2) is 30.0 Å². The summed E-state index contributed by atoms with van der Waals surface area (Å²) in [7, 11) is 0. The predicted octanol–water partition coefficient (Wildman–Crippen LogP) is 2.36. The summed E-state index contributed by atoms with van der Waals surface area (Å²) in [5.74, 6) is 0.548. The molecule has 3 aromatic heterocycles. The zero-order chi connectivity index (χ0) is 14.9. The van der Waals surface area contributed by atoms with Gasteiger partial charge in [0.25, 0.3) is 0 Å². The lowest BCUT2D eigenvalue weighted by atomic mass is 10.3. The monoisotopic (exact) mass is 312 g/mol. The van der Waals surface area contributed by atoms with Crippen LogP contribution in [0.1, 0.15) is 23.5 Å². The average Bonchev–Trinajstić information content (AvgIpc) is 3.28. The first-order chi connectivity index (χ1) is 10.8. The van der Waals surface area contributed by atoms with Crippen LogP contribution in [-0.4, -0.2) is 43.6 Å². The van der Waals surface area contributed by atoms with Gasteiger partial charge in [0.05, 0.1) is 24.5 Å². The van der Waals surface area contributed by atoms with Crippen molar-refractivity contribution in [1.82, 2.24) is 24.6 Å². The molecular weight excluding hydrogens is 296 g/mol. The topological polar surface area (TPSA) is 70.7 Å². The molecule has 1 aliphatic heterocycles. The third-order valence-corrected chi connectivity index (χ3v) is 4.78. The predicted molar refractivity (Wildman–Crippen MR) is 86.4 cm³/mol. The van der Waals surface area contributed by atoms with Crippen LogP contribution in [0.25, 0.3) is 10.9 Å². The Labute approximate surface area is 131 Å². The van der Waals surface area contributed by atoms with Crippen molar-refractivity contribution in [2.75, 3.05) is 13.1 Å². The van der Waals surface area contributed by atoms with Gasteiger partial charge in [-0.15, -0.1) is 11.3 Å². The number of nitrogens with zero attached hydrogens (tertiary/aromatic N) is 5. The maximum absolute atomic E-state index is 8.26. The number of nitrogens with one attached hydrogen (secondary N) is 1. The van der Waals surface area contributed by atoms with E-state index in [1.165, 1.54) is 12.8 Å². The molecule has 0 unspecified atom stereocenters. The van der Waals surface area contributed by atoms with Gasteiger partial charge in [0.1, 0.15) is 16.5 Å². The maximum Gasteiger partial charge on any atom is 0.147 e. The molecule has 0 aromatic carbocycles. The van der Waals surface area contributed by atoms with Crippen LogP contribution in [0.5, 0.6) is 0 Å². The molecule has 7 heteroatoms. The molecule has 0 saturated carbocycles. The van der Waals surface area contributed by atoms with Crippen LogP contribution in [0.4, 0.5) is 0 Å². The van der Waals surface area contributed by atoms with E-state index in [1.54, 1.807) is 17.5 Å². The molecule has 0 bridgehead atoms. The third-order valence-electron chi connectivity index (χ3n) is 3.95. The first-order valence-corrected chi connectivity index (χ1v) is 8.23. The molecule has 6 nitrogen and oxygen atoms in total. The lowest BCUT2D eigenvalue weighted by Gasteiger charge is -2.16. The molecule has 0 amide bonds. The van der Waals surface area contributed by atoms with E-state index in [2.05, 4.69) is 20.0 Å². The number of pyridine rings is 1. The van der Waals surface area contributed by atoms with Crippen LogP contribution < -0.4 is 0 Å². The summed E-state index contributed by atoms with van der Waals surface area (Å²) in [4.78, 5) is 10.9. The highest BCUT2D eigenvalue weighted by Gasteiger charge is 2.18. The summed E-state index contributed by atoms with van der Waals surface area (Å²) in [5.41, 5.74) is 1.78. The fourth-order valence-electron chi connectivity index (χ4n) is 2.76. The lowest BCUT2D eigenvalue weighted by molar-refractivity contribution is 0.515. The Bertz CT molecular complexity index is 814. The minimum atomic E-state index is 0.548. The van der Waals surface area contributed by atoms with E-state index >= 15 is 0 Å². The van der Waals surface area contributed by atoms with Crippen LogP contribution in [0, 0.1) is 5.41 Å². The molecule has 1 fully saturated rings. The van der Waals surface area contributed by atoms with Crippen molar-refractivity contribution in [3.05, 3.63) is 40.7 Å². The van der Waals surface area contributed by atoms with E-state index < -0.39 is 0 Å². The zero-order valence-electron chi connectivity index (χ0n) is 12.1. The molecule has 0 atom stereocenters. The van der Waals surface area contributed by atoms with Gasteiger partial charge in [0.15, 0.2) is 0 Å². The molecule has 1 N–H and O–H groups in total. The highest BCUT2D eigenvalue weighted by atomic mass is 32.1. The number of thiazole rings is 1. The number of hydrogen-bond acceptors (Lipinski definition) is 5. The summed E-state index contributed by atoms with van der Waals surface area (Å²) >= 11 is 1.58. The highest BCUT2D eigenvalue weighted by Crippen LogP contribution is 2.18. The second kappa shape index (κ2) is 5.49. The van der Waals surface area contributed by atoms with Crippen molar-refractivity contribution < 1.29 is 0 Å². The Morgan fingerprint density at radius 2 is 2.14 bits per heavy atom. The van der Waals surface area contributed by atoms with Gasteiger partial charge < -0.3 is 4.90 Å². The van der Waals surface area contributed by atoms with Gasteiger partial charge in [0.2, 0.25) is 0 Å². The highest BCUT2D eigenvalue weighted by molar-refractivity contribution is 7.09. The van der Waals surface area contributed by atoms with Gasteiger partial charge >= 0.3 is 0 Å². The standard InChI is InChI=1S/C15H16N6S/c16-15(20-5-1-2-6-20)12-10-22-14(19-12)9-21-13-8-17-4-3-11(13)7-18-21/h3-4,7-8,10,16H,1-2,5-6,9H2. The number of likely N-dealkylation sites (tertiary alicyclic amines) is 1. The quantitative estimate of drug-likeness (QED) is 0.595. The minimum Gasteiger partial charge on any atom is -0.355 e. The Morgan fingerprint density at radius 3 is 3.00 bits per heavy atom. The lowest BCUT2D eigenvalue weighted by Crippen LogP contribution is -2.27. The van der Waals surface area contributed by atoms with Crippen LogP contribution in [-0.2, 0) is 6.54 Å². The van der Waals surface area contributed by atoms with E-state index in [-0.39, 0.29) is 0 Å². The fraction of sp³-hybridized carbons (Fsp3) is 0.333. The smallest absolute Gasteiger partial charge is 0.147 e. The molecule has 0 spiro atoms. The van der Waals surface area contributed by atoms with Crippen molar-refractivity contribution in [2.45, 2.75) is 19.4 Å². The van der Waals surface area contributed by atoms with Crippen LogP contribution >= 0.6 is 11.3 Å². The molecule has 1 aliphatic rings. The second-order valence-corrected chi connectivity index (χ2v) is 6.35. The van der Waals surface area contributed by atoms with E-state index in [0.29, 0.717) is 12.4 Å². The van der Waals surface area contributed by atoms with E-state index in [9.17, 15) is 0 Å². The maximum atomic E-state index is 8.26. The molecule has 0 aliphatic carbocycles. The molecule has 22 heavy (non-hydrogen) atoms. The van der Waals surface area contributed by atoms with Gasteiger partial charge in [0, 0.05) is 30.1 Å². The van der Waals surface area contributed by atoms with Gasteiger partial charge in [-0.2, -0.15) is 5.10 Å². The van der Waals surface area contributed by atoms with E-state index in [1.807, 2.05) is 28.5 Å². The summed E-state index contributed by atoms with van der Waals surface area (Å²) in [6.45, 7) is 2.56. The molecule has 112 valence electrons. The molecule has 0 radical (unpaired) electrons. The van der Waals surface area contributed by atoms with Crippen molar-refractivity contribution >= 4 is 28.1 Å². The molecule has 4 rings (SSSR count). The first kappa shape index (κ1) is 13.4. The normalized spacial score (nSPS) is 14.8. The van der Waals surface area contributed by atoms with E-state index in [0.717, 1.165) is 34.7 Å². The number of amidine groups is 1. The molecule has 3 aromatic rings. The zero-order valence-corrected chi connectivity index (χ0v) is 12.9. The largest absolute Gasteiger partial charge is 0.355 e. The summed E-state index contributed by atoms with van der Waals surface area (Å²) in [6.07, 6.45) is 7.78. The van der Waals surface area contributed by atoms with Gasteiger partial charge in [-0.1, -0.05) is 0 Å². The van der Waals surface area contributed by atoms with E-state index in [4.69, 9.17) is 5.41 Å². The second-order valence-electron chi connectivity index (χ2n) is 5.41. The van der Waals surface area contributed by atoms with Crippen molar-refractivity contribution in [3.63, 3.8) is 0 Å². The Balaban J connectivity index is 1.55. The minimum absolute atomic E-state index is 0.548. The summed E-state index contributed by atoms with van der Waals surface area (Å²) < 4.78 is 1.91. The Kier molecular flexibility index (Phi) is 3.34. The Morgan fingerprint density at radius 1 is 1.27 bits per heavy atom. The summed E-state index contributed by atoms with van der Waals surface area (Å²) in [5, 5.41) is 16.7. The Hall–Kier alpha value is -2.28.